The fourth-order valence-electron chi connectivity index (χ4n) is 1.51. The lowest BCUT2D eigenvalue weighted by atomic mass is 9.99. The van der Waals surface area contributed by atoms with Crippen molar-refractivity contribution in [3.63, 3.8) is 0 Å². The van der Waals surface area contributed by atoms with Crippen LogP contribution in [0.3, 0.4) is 0 Å². The number of rotatable bonds is 2. The van der Waals surface area contributed by atoms with Crippen LogP contribution in [0.5, 0.6) is 0 Å². The molecular formula is C8H13N3O2. The molecule has 2 rings (SSSR count). The van der Waals surface area contributed by atoms with Gasteiger partial charge >= 0.3 is 0 Å². The molecule has 0 radical (unpaired) electrons. The summed E-state index contributed by atoms with van der Waals surface area (Å²) in [6.45, 7) is 1.04. The van der Waals surface area contributed by atoms with Gasteiger partial charge in [0.25, 0.3) is 0 Å². The molecular weight excluding hydrogens is 170 g/mol. The maximum absolute atomic E-state index is 9.98. The summed E-state index contributed by atoms with van der Waals surface area (Å²) in [7, 11) is 1.82. The SMILES string of the molecule is Cn1ncnc1CC1(O)CCOC1. The molecule has 5 heteroatoms. The molecule has 1 aromatic rings. The molecule has 1 unspecified atom stereocenters. The average molecular weight is 183 g/mol. The van der Waals surface area contributed by atoms with Gasteiger partial charge in [-0.15, -0.1) is 0 Å². The first-order chi connectivity index (χ1) is 6.20. The fourth-order valence-corrected chi connectivity index (χ4v) is 1.51. The van der Waals surface area contributed by atoms with Crippen LogP contribution >= 0.6 is 0 Å². The van der Waals surface area contributed by atoms with Crippen molar-refractivity contribution in [3.05, 3.63) is 12.2 Å². The molecule has 1 atom stereocenters. The third kappa shape index (κ3) is 1.71. The number of aromatic nitrogens is 3. The normalized spacial score (nSPS) is 28.2. The van der Waals surface area contributed by atoms with Gasteiger partial charge in [0.05, 0.1) is 12.2 Å². The summed E-state index contributed by atoms with van der Waals surface area (Å²) >= 11 is 0. The van der Waals surface area contributed by atoms with Crippen molar-refractivity contribution in [2.45, 2.75) is 18.4 Å². The minimum atomic E-state index is -0.735. The summed E-state index contributed by atoms with van der Waals surface area (Å²) in [6.07, 6.45) is 2.69. The second kappa shape index (κ2) is 3.08. The molecule has 2 heterocycles. The average Bonchev–Trinajstić information content (AvgIpc) is 2.64. The van der Waals surface area contributed by atoms with E-state index in [-0.39, 0.29) is 0 Å². The second-order valence-corrected chi connectivity index (χ2v) is 3.50. The van der Waals surface area contributed by atoms with Crippen molar-refractivity contribution in [2.75, 3.05) is 13.2 Å². The van der Waals surface area contributed by atoms with Crippen LogP contribution in [0.2, 0.25) is 0 Å². The molecule has 0 spiro atoms. The lowest BCUT2D eigenvalue weighted by Gasteiger charge is -2.18. The van der Waals surface area contributed by atoms with E-state index >= 15 is 0 Å². The van der Waals surface area contributed by atoms with Crippen molar-refractivity contribution in [3.8, 4) is 0 Å². The van der Waals surface area contributed by atoms with Gasteiger partial charge in [0, 0.05) is 26.5 Å². The highest BCUT2D eigenvalue weighted by Gasteiger charge is 2.33. The molecule has 1 aliphatic heterocycles. The zero-order valence-electron chi connectivity index (χ0n) is 7.60. The van der Waals surface area contributed by atoms with Crippen LogP contribution in [0.4, 0.5) is 0 Å². The molecule has 0 aromatic carbocycles. The largest absolute Gasteiger partial charge is 0.387 e. The van der Waals surface area contributed by atoms with Crippen LogP contribution in [-0.4, -0.2) is 38.7 Å². The summed E-state index contributed by atoms with van der Waals surface area (Å²) in [6, 6.07) is 0. The number of aryl methyl sites for hydroxylation is 1. The van der Waals surface area contributed by atoms with Gasteiger partial charge in [-0.1, -0.05) is 0 Å². The van der Waals surface area contributed by atoms with E-state index in [4.69, 9.17) is 4.74 Å². The van der Waals surface area contributed by atoms with E-state index in [1.807, 2.05) is 7.05 Å². The minimum Gasteiger partial charge on any atom is -0.387 e. The van der Waals surface area contributed by atoms with Crippen LogP contribution in [-0.2, 0) is 18.2 Å². The smallest absolute Gasteiger partial charge is 0.138 e. The Morgan fingerprint density at radius 3 is 3.15 bits per heavy atom. The predicted octanol–water partition coefficient (Wildman–Crippen LogP) is -0.491. The van der Waals surface area contributed by atoms with E-state index in [9.17, 15) is 5.11 Å². The molecule has 1 aromatic heterocycles. The van der Waals surface area contributed by atoms with Gasteiger partial charge in [-0.25, -0.2) is 4.98 Å². The Bertz CT molecular complexity index is 291. The quantitative estimate of drug-likeness (QED) is 0.672. The number of nitrogens with zero attached hydrogens (tertiary/aromatic N) is 3. The number of hydrogen-bond donors (Lipinski definition) is 1. The van der Waals surface area contributed by atoms with Gasteiger partial charge in [0.2, 0.25) is 0 Å². The van der Waals surface area contributed by atoms with Gasteiger partial charge in [0.15, 0.2) is 0 Å². The van der Waals surface area contributed by atoms with Crippen LogP contribution in [0.25, 0.3) is 0 Å². The summed E-state index contributed by atoms with van der Waals surface area (Å²) in [5, 5.41) is 13.9. The Morgan fingerprint density at radius 2 is 2.62 bits per heavy atom. The molecule has 0 saturated carbocycles. The highest BCUT2D eigenvalue weighted by molar-refractivity contribution is 4.96. The second-order valence-electron chi connectivity index (χ2n) is 3.50. The summed E-state index contributed by atoms with van der Waals surface area (Å²) < 4.78 is 6.82. The highest BCUT2D eigenvalue weighted by Crippen LogP contribution is 2.21. The van der Waals surface area contributed by atoms with Gasteiger partial charge < -0.3 is 9.84 Å². The third-order valence-electron chi connectivity index (χ3n) is 2.37. The van der Waals surface area contributed by atoms with Crippen molar-refractivity contribution < 1.29 is 9.84 Å². The first-order valence-electron chi connectivity index (χ1n) is 4.33. The molecule has 13 heavy (non-hydrogen) atoms. The molecule has 0 bridgehead atoms. The van der Waals surface area contributed by atoms with Crippen molar-refractivity contribution in [1.82, 2.24) is 14.8 Å². The summed E-state index contributed by atoms with van der Waals surface area (Å²) in [4.78, 5) is 4.06. The first-order valence-corrected chi connectivity index (χ1v) is 4.33. The number of aliphatic hydroxyl groups is 1. The standard InChI is InChI=1S/C8H13N3O2/c1-11-7(9-6-10-11)4-8(12)2-3-13-5-8/h6,12H,2-5H2,1H3. The first kappa shape index (κ1) is 8.65. The lowest BCUT2D eigenvalue weighted by Crippen LogP contribution is -2.32. The minimum absolute atomic E-state index is 0.403. The van der Waals surface area contributed by atoms with E-state index in [2.05, 4.69) is 10.1 Å². The molecule has 72 valence electrons. The van der Waals surface area contributed by atoms with E-state index in [1.165, 1.54) is 6.33 Å². The molecule has 0 aliphatic carbocycles. The number of hydrogen-bond acceptors (Lipinski definition) is 4. The van der Waals surface area contributed by atoms with Gasteiger partial charge in [-0.2, -0.15) is 5.10 Å². The fraction of sp³-hybridized carbons (Fsp3) is 0.750. The molecule has 1 saturated heterocycles. The van der Waals surface area contributed by atoms with Crippen LogP contribution in [0.1, 0.15) is 12.2 Å². The maximum Gasteiger partial charge on any atom is 0.138 e. The predicted molar refractivity (Wildman–Crippen MR) is 45.1 cm³/mol. The zero-order chi connectivity index (χ0) is 9.31. The number of ether oxygens (including phenoxy) is 1. The van der Waals surface area contributed by atoms with Crippen molar-refractivity contribution in [1.29, 1.82) is 0 Å². The Labute approximate surface area is 76.3 Å². The monoisotopic (exact) mass is 183 g/mol. The lowest BCUT2D eigenvalue weighted by molar-refractivity contribution is 0.0247. The van der Waals surface area contributed by atoms with Crippen LogP contribution < -0.4 is 0 Å². The molecule has 1 fully saturated rings. The highest BCUT2D eigenvalue weighted by atomic mass is 16.5. The molecule has 0 amide bonds. The molecule has 1 N–H and O–H groups in total. The summed E-state index contributed by atoms with van der Waals surface area (Å²) in [5.74, 6) is 0.799. The van der Waals surface area contributed by atoms with E-state index in [0.717, 1.165) is 5.82 Å². The van der Waals surface area contributed by atoms with Crippen LogP contribution in [0.15, 0.2) is 6.33 Å². The summed E-state index contributed by atoms with van der Waals surface area (Å²) in [5.41, 5.74) is -0.735. The topological polar surface area (TPSA) is 60.2 Å². The van der Waals surface area contributed by atoms with Crippen LogP contribution in [0, 0.1) is 0 Å². The Hall–Kier alpha value is -0.940. The molecule has 1 aliphatic rings. The van der Waals surface area contributed by atoms with Crippen molar-refractivity contribution >= 4 is 0 Å². The van der Waals surface area contributed by atoms with Crippen molar-refractivity contribution in [2.24, 2.45) is 7.05 Å². The molecule has 5 nitrogen and oxygen atoms in total. The Kier molecular flexibility index (Phi) is 2.05. The third-order valence-corrected chi connectivity index (χ3v) is 2.37. The van der Waals surface area contributed by atoms with Gasteiger partial charge in [-0.3, -0.25) is 4.68 Å². The Balaban J connectivity index is 2.09. The van der Waals surface area contributed by atoms with E-state index < -0.39 is 5.60 Å². The maximum atomic E-state index is 9.98. The van der Waals surface area contributed by atoms with Gasteiger partial charge in [-0.05, 0) is 0 Å². The van der Waals surface area contributed by atoms with E-state index in [1.54, 1.807) is 4.68 Å². The van der Waals surface area contributed by atoms with E-state index in [0.29, 0.717) is 26.1 Å². The zero-order valence-corrected chi connectivity index (χ0v) is 7.60. The van der Waals surface area contributed by atoms with Gasteiger partial charge in [0.1, 0.15) is 12.2 Å². The Morgan fingerprint density at radius 1 is 1.77 bits per heavy atom.